The number of benzene rings is 2. The van der Waals surface area contributed by atoms with Gasteiger partial charge in [0.15, 0.2) is 11.5 Å². The summed E-state index contributed by atoms with van der Waals surface area (Å²) in [6.07, 6.45) is 3.22. The van der Waals surface area contributed by atoms with Gasteiger partial charge in [0.1, 0.15) is 11.3 Å². The molecule has 0 aliphatic heterocycles. The van der Waals surface area contributed by atoms with E-state index in [-0.39, 0.29) is 11.7 Å². The molecule has 2 aromatic carbocycles. The number of hydrogen-bond donors (Lipinski definition) is 1. The molecule has 1 heterocycles. The van der Waals surface area contributed by atoms with Crippen LogP contribution in [0.25, 0.3) is 22.3 Å². The highest BCUT2D eigenvalue weighted by atomic mass is 32.2. The van der Waals surface area contributed by atoms with Crippen LogP contribution in [-0.2, 0) is 11.2 Å². The minimum absolute atomic E-state index is 0.0956. The largest absolute Gasteiger partial charge is 0.504 e. The molecule has 0 saturated carbocycles. The summed E-state index contributed by atoms with van der Waals surface area (Å²) in [7, 11) is 1.53. The summed E-state index contributed by atoms with van der Waals surface area (Å²) < 4.78 is 11.4. The van der Waals surface area contributed by atoms with Gasteiger partial charge in [-0.15, -0.1) is 11.8 Å². The van der Waals surface area contributed by atoms with Gasteiger partial charge in [0.05, 0.1) is 12.0 Å². The Bertz CT molecular complexity index is 1010. The Morgan fingerprint density at radius 1 is 1.17 bits per heavy atom. The van der Waals surface area contributed by atoms with Crippen molar-refractivity contribution >= 4 is 28.6 Å². The van der Waals surface area contributed by atoms with Gasteiger partial charge in [-0.1, -0.05) is 6.07 Å². The Morgan fingerprint density at radius 3 is 2.59 bits per heavy atom. The number of hydrogen-bond acceptors (Lipinski definition) is 5. The average molecular weight is 414 g/mol. The number of aromatic hydroxyl groups is 1. The number of furan rings is 1. The van der Waals surface area contributed by atoms with Gasteiger partial charge in [0, 0.05) is 30.5 Å². The standard InChI is InChI=1S/C23H27NO4S/c1-5-24(6-2)21(26)12-8-15-7-11-19-17(13-15)23(29-4)22(28-19)16-9-10-18(25)20(14-16)27-3/h7,9-11,13-14,25H,5-6,8,12H2,1-4H3. The molecule has 3 rings (SSSR count). The number of phenolic OH excluding ortho intramolecular Hbond substituents is 1. The van der Waals surface area contributed by atoms with Crippen LogP contribution in [0, 0.1) is 0 Å². The quantitative estimate of drug-likeness (QED) is 0.505. The maximum absolute atomic E-state index is 12.3. The summed E-state index contributed by atoms with van der Waals surface area (Å²) in [5.41, 5.74) is 2.76. The van der Waals surface area contributed by atoms with Crippen LogP contribution in [0.15, 0.2) is 45.7 Å². The normalized spacial score (nSPS) is 11.0. The van der Waals surface area contributed by atoms with E-state index >= 15 is 0 Å². The molecular formula is C23H27NO4S. The van der Waals surface area contributed by atoms with Crippen molar-refractivity contribution in [1.82, 2.24) is 4.90 Å². The van der Waals surface area contributed by atoms with Gasteiger partial charge in [-0.25, -0.2) is 0 Å². The Kier molecular flexibility index (Phi) is 6.75. The van der Waals surface area contributed by atoms with Crippen LogP contribution < -0.4 is 4.74 Å². The number of methoxy groups -OCH3 is 1. The number of thioether (sulfide) groups is 1. The second-order valence-electron chi connectivity index (χ2n) is 6.75. The maximum atomic E-state index is 12.3. The van der Waals surface area contributed by atoms with E-state index in [0.29, 0.717) is 18.6 Å². The number of carbonyl (C=O) groups excluding carboxylic acids is 1. The van der Waals surface area contributed by atoms with Gasteiger partial charge in [-0.05, 0) is 62.4 Å². The predicted octanol–water partition coefficient (Wildman–Crippen LogP) is 5.34. The van der Waals surface area contributed by atoms with Crippen LogP contribution in [0.4, 0.5) is 0 Å². The van der Waals surface area contributed by atoms with Crippen molar-refractivity contribution in [2.75, 3.05) is 26.5 Å². The fraction of sp³-hybridized carbons (Fsp3) is 0.348. The lowest BCUT2D eigenvalue weighted by molar-refractivity contribution is -0.130. The first-order valence-electron chi connectivity index (χ1n) is 9.76. The molecule has 29 heavy (non-hydrogen) atoms. The highest BCUT2D eigenvalue weighted by molar-refractivity contribution is 7.99. The zero-order valence-corrected chi connectivity index (χ0v) is 18.1. The number of fused-ring (bicyclic) bond motifs is 1. The molecule has 0 saturated heterocycles. The van der Waals surface area contributed by atoms with E-state index in [2.05, 4.69) is 6.07 Å². The Balaban J connectivity index is 1.92. The van der Waals surface area contributed by atoms with Gasteiger partial charge in [-0.3, -0.25) is 4.79 Å². The second-order valence-corrected chi connectivity index (χ2v) is 7.56. The van der Waals surface area contributed by atoms with Gasteiger partial charge < -0.3 is 19.2 Å². The topological polar surface area (TPSA) is 62.9 Å². The first-order valence-corrected chi connectivity index (χ1v) is 11.0. The molecule has 154 valence electrons. The fourth-order valence-electron chi connectivity index (χ4n) is 3.47. The predicted molar refractivity (Wildman–Crippen MR) is 118 cm³/mol. The van der Waals surface area contributed by atoms with E-state index < -0.39 is 0 Å². The third-order valence-electron chi connectivity index (χ3n) is 5.10. The summed E-state index contributed by atoms with van der Waals surface area (Å²) in [5.74, 6) is 1.44. The molecule has 1 aromatic heterocycles. The zero-order chi connectivity index (χ0) is 21.0. The average Bonchev–Trinajstić information content (AvgIpc) is 3.11. The number of rotatable bonds is 8. The molecule has 0 bridgehead atoms. The minimum Gasteiger partial charge on any atom is -0.504 e. The van der Waals surface area contributed by atoms with Crippen LogP contribution in [0.2, 0.25) is 0 Å². The molecule has 1 amide bonds. The summed E-state index contributed by atoms with van der Waals surface area (Å²) >= 11 is 1.62. The van der Waals surface area contributed by atoms with Crippen LogP contribution in [-0.4, -0.2) is 42.4 Å². The van der Waals surface area contributed by atoms with Crippen LogP contribution in [0.5, 0.6) is 11.5 Å². The van der Waals surface area contributed by atoms with E-state index in [1.165, 1.54) is 7.11 Å². The van der Waals surface area contributed by atoms with Crippen LogP contribution >= 0.6 is 11.8 Å². The number of aryl methyl sites for hydroxylation is 1. The molecule has 6 heteroatoms. The first kappa shape index (κ1) is 21.1. The molecule has 0 unspecified atom stereocenters. The summed E-state index contributed by atoms with van der Waals surface area (Å²) in [5, 5.41) is 10.9. The van der Waals surface area contributed by atoms with E-state index in [1.54, 1.807) is 23.9 Å². The van der Waals surface area contributed by atoms with Crippen molar-refractivity contribution in [2.45, 2.75) is 31.6 Å². The highest BCUT2D eigenvalue weighted by Gasteiger charge is 2.18. The number of ether oxygens (including phenoxy) is 1. The van der Waals surface area contributed by atoms with Crippen molar-refractivity contribution in [3.63, 3.8) is 0 Å². The van der Waals surface area contributed by atoms with Gasteiger partial charge in [0.25, 0.3) is 0 Å². The van der Waals surface area contributed by atoms with Gasteiger partial charge in [0.2, 0.25) is 5.91 Å². The fourth-order valence-corrected chi connectivity index (χ4v) is 4.20. The Hall–Kier alpha value is -2.60. The van der Waals surface area contributed by atoms with Crippen molar-refractivity contribution < 1.29 is 19.1 Å². The minimum atomic E-state index is 0.0956. The molecule has 0 radical (unpaired) electrons. The van der Waals surface area contributed by atoms with Gasteiger partial charge >= 0.3 is 0 Å². The Labute approximate surface area is 175 Å². The highest BCUT2D eigenvalue weighted by Crippen LogP contribution is 2.42. The van der Waals surface area contributed by atoms with Crippen molar-refractivity contribution in [3.05, 3.63) is 42.0 Å². The molecule has 1 N–H and O–H groups in total. The number of phenols is 1. The molecule has 5 nitrogen and oxygen atoms in total. The smallest absolute Gasteiger partial charge is 0.222 e. The third kappa shape index (κ3) is 4.37. The number of nitrogens with zero attached hydrogens (tertiary/aromatic N) is 1. The van der Waals surface area contributed by atoms with Crippen molar-refractivity contribution in [2.24, 2.45) is 0 Å². The lowest BCUT2D eigenvalue weighted by Crippen LogP contribution is -2.30. The van der Waals surface area contributed by atoms with Gasteiger partial charge in [-0.2, -0.15) is 0 Å². The second kappa shape index (κ2) is 9.27. The van der Waals surface area contributed by atoms with E-state index in [9.17, 15) is 9.90 Å². The van der Waals surface area contributed by atoms with E-state index in [1.807, 2.05) is 43.2 Å². The molecule has 0 fully saturated rings. The first-order chi connectivity index (χ1) is 14.0. The number of carbonyl (C=O) groups is 1. The van der Waals surface area contributed by atoms with E-state index in [0.717, 1.165) is 45.8 Å². The lowest BCUT2D eigenvalue weighted by atomic mass is 10.1. The molecule has 0 aliphatic carbocycles. The molecule has 0 spiro atoms. The lowest BCUT2D eigenvalue weighted by Gasteiger charge is -2.18. The molecule has 0 aliphatic rings. The molecular weight excluding hydrogens is 386 g/mol. The third-order valence-corrected chi connectivity index (χ3v) is 5.91. The van der Waals surface area contributed by atoms with E-state index in [4.69, 9.17) is 9.15 Å². The number of amides is 1. The maximum Gasteiger partial charge on any atom is 0.222 e. The summed E-state index contributed by atoms with van der Waals surface area (Å²) in [6, 6.07) is 11.3. The van der Waals surface area contributed by atoms with Crippen molar-refractivity contribution in [1.29, 1.82) is 0 Å². The summed E-state index contributed by atoms with van der Waals surface area (Å²) in [4.78, 5) is 15.2. The Morgan fingerprint density at radius 2 is 1.93 bits per heavy atom. The van der Waals surface area contributed by atoms with Crippen LogP contribution in [0.1, 0.15) is 25.8 Å². The monoisotopic (exact) mass is 413 g/mol. The summed E-state index contributed by atoms with van der Waals surface area (Å²) in [6.45, 7) is 5.49. The van der Waals surface area contributed by atoms with Crippen molar-refractivity contribution in [3.8, 4) is 22.8 Å². The molecule has 3 aromatic rings. The molecule has 0 atom stereocenters. The van der Waals surface area contributed by atoms with Crippen LogP contribution in [0.3, 0.4) is 0 Å². The zero-order valence-electron chi connectivity index (χ0n) is 17.3. The SMILES string of the molecule is CCN(CC)C(=O)CCc1ccc2oc(-c3ccc(O)c(OC)c3)c(SC)c2c1.